The number of likely N-dealkylation sites (N-methyl/N-ethyl adjacent to an activating group) is 1. The van der Waals surface area contributed by atoms with E-state index in [1.807, 2.05) is 80.6 Å². The predicted octanol–water partition coefficient (Wildman–Crippen LogP) is 4.33. The van der Waals surface area contributed by atoms with Gasteiger partial charge in [0.2, 0.25) is 21.8 Å². The number of carbonyl (C=O) groups is 2. The molecule has 0 aliphatic carbocycles. The first-order valence-electron chi connectivity index (χ1n) is 13.4. The van der Waals surface area contributed by atoms with Crippen LogP contribution >= 0.6 is 0 Å². The smallest absolute Gasteiger partial charge is 0.243 e. The topological polar surface area (TPSA) is 96.0 Å². The Hall–Kier alpha value is -3.85. The summed E-state index contributed by atoms with van der Waals surface area (Å²) in [7, 11) is -1.98. The summed E-state index contributed by atoms with van der Waals surface area (Å²) in [4.78, 5) is 28.8. The normalized spacial score (nSPS) is 11.9. The minimum Gasteiger partial charge on any atom is -0.497 e. The van der Waals surface area contributed by atoms with Crippen LogP contribution in [0.5, 0.6) is 5.75 Å². The van der Waals surface area contributed by atoms with E-state index in [2.05, 4.69) is 5.32 Å². The quantitative estimate of drug-likeness (QED) is 0.314. The van der Waals surface area contributed by atoms with E-state index in [1.54, 1.807) is 24.1 Å². The van der Waals surface area contributed by atoms with Gasteiger partial charge in [0, 0.05) is 32.5 Å². The highest BCUT2D eigenvalue weighted by atomic mass is 32.2. The summed E-state index contributed by atoms with van der Waals surface area (Å²) < 4.78 is 32.0. The van der Waals surface area contributed by atoms with E-state index in [0.717, 1.165) is 16.7 Å². The molecule has 1 atom stereocenters. The lowest BCUT2D eigenvalue weighted by Crippen LogP contribution is -2.50. The van der Waals surface area contributed by atoms with E-state index in [0.29, 0.717) is 30.8 Å². The number of anilines is 1. The van der Waals surface area contributed by atoms with Gasteiger partial charge in [0.25, 0.3) is 0 Å². The van der Waals surface area contributed by atoms with Crippen molar-refractivity contribution in [3.63, 3.8) is 0 Å². The summed E-state index contributed by atoms with van der Waals surface area (Å²) in [5.41, 5.74) is 3.19. The lowest BCUT2D eigenvalue weighted by molar-refractivity contribution is -0.141. The van der Waals surface area contributed by atoms with Crippen LogP contribution in [0.3, 0.4) is 0 Å². The predicted molar refractivity (Wildman–Crippen MR) is 159 cm³/mol. The van der Waals surface area contributed by atoms with Crippen molar-refractivity contribution in [3.8, 4) is 5.75 Å². The first kappa shape index (κ1) is 30.7. The molecule has 3 aromatic carbocycles. The molecule has 0 unspecified atom stereocenters. The van der Waals surface area contributed by atoms with E-state index in [1.165, 1.54) is 10.6 Å². The fourth-order valence-corrected chi connectivity index (χ4v) is 5.66. The molecular formula is C31H39N3O5S. The van der Waals surface area contributed by atoms with Gasteiger partial charge >= 0.3 is 0 Å². The molecular weight excluding hydrogens is 526 g/mol. The molecule has 0 bridgehead atoms. The first-order chi connectivity index (χ1) is 19.1. The zero-order chi connectivity index (χ0) is 29.1. The second-order valence-corrected chi connectivity index (χ2v) is 11.6. The van der Waals surface area contributed by atoms with Gasteiger partial charge in [0.05, 0.1) is 19.1 Å². The molecule has 214 valence electrons. The SMILES string of the molecule is CCNC(=O)[C@H](Cc1ccccc1)N(Cc1cccc(OC)c1)C(=O)CCCN(c1ccccc1C)S(C)(=O)=O. The molecule has 0 aliphatic heterocycles. The number of carbonyl (C=O) groups excluding carboxylic acids is 2. The maximum atomic E-state index is 13.8. The number of aryl methyl sites for hydroxylation is 1. The Balaban J connectivity index is 1.88. The first-order valence-corrected chi connectivity index (χ1v) is 15.3. The Morgan fingerprint density at radius 3 is 2.27 bits per heavy atom. The summed E-state index contributed by atoms with van der Waals surface area (Å²) in [5, 5.41) is 2.89. The Morgan fingerprint density at radius 1 is 0.950 bits per heavy atom. The molecule has 0 aliphatic rings. The number of rotatable bonds is 14. The van der Waals surface area contributed by atoms with E-state index in [9.17, 15) is 18.0 Å². The number of amides is 2. The molecule has 1 N–H and O–H groups in total. The molecule has 40 heavy (non-hydrogen) atoms. The van der Waals surface area contributed by atoms with Crippen LogP contribution in [0.25, 0.3) is 0 Å². The molecule has 0 radical (unpaired) electrons. The Morgan fingerprint density at radius 2 is 1.62 bits per heavy atom. The fourth-order valence-electron chi connectivity index (χ4n) is 4.64. The third-order valence-corrected chi connectivity index (χ3v) is 7.83. The second kappa shape index (κ2) is 14.5. The van der Waals surface area contributed by atoms with Crippen molar-refractivity contribution < 1.29 is 22.7 Å². The monoisotopic (exact) mass is 565 g/mol. The van der Waals surface area contributed by atoms with Crippen molar-refractivity contribution in [1.29, 1.82) is 0 Å². The van der Waals surface area contributed by atoms with Gasteiger partial charge in [-0.2, -0.15) is 0 Å². The molecule has 0 saturated carbocycles. The number of para-hydroxylation sites is 1. The molecule has 3 rings (SSSR count). The number of methoxy groups -OCH3 is 1. The number of sulfonamides is 1. The van der Waals surface area contributed by atoms with Crippen molar-refractivity contribution >= 4 is 27.5 Å². The molecule has 2 amide bonds. The van der Waals surface area contributed by atoms with Gasteiger partial charge in [-0.3, -0.25) is 13.9 Å². The van der Waals surface area contributed by atoms with Crippen LogP contribution in [-0.4, -0.2) is 57.6 Å². The van der Waals surface area contributed by atoms with E-state index < -0.39 is 16.1 Å². The lowest BCUT2D eigenvalue weighted by Gasteiger charge is -2.32. The third kappa shape index (κ3) is 8.58. The van der Waals surface area contributed by atoms with Gasteiger partial charge < -0.3 is 15.0 Å². The number of benzene rings is 3. The highest BCUT2D eigenvalue weighted by molar-refractivity contribution is 7.92. The van der Waals surface area contributed by atoms with Gasteiger partial charge in [-0.1, -0.05) is 60.7 Å². The summed E-state index contributed by atoms with van der Waals surface area (Å²) >= 11 is 0. The molecule has 0 spiro atoms. The largest absolute Gasteiger partial charge is 0.497 e. The maximum Gasteiger partial charge on any atom is 0.243 e. The third-order valence-electron chi connectivity index (χ3n) is 6.65. The van der Waals surface area contributed by atoms with Gasteiger partial charge in [0.1, 0.15) is 11.8 Å². The molecule has 9 heteroatoms. The molecule has 0 saturated heterocycles. The van der Waals surface area contributed by atoms with Gasteiger partial charge in [-0.05, 0) is 55.2 Å². The molecule has 3 aromatic rings. The van der Waals surface area contributed by atoms with Crippen molar-refractivity contribution in [3.05, 3.63) is 95.6 Å². The minimum absolute atomic E-state index is 0.0760. The fraction of sp³-hybridized carbons (Fsp3) is 0.355. The van der Waals surface area contributed by atoms with Crippen molar-refractivity contribution in [1.82, 2.24) is 10.2 Å². The average Bonchev–Trinajstić information content (AvgIpc) is 2.93. The molecule has 8 nitrogen and oxygen atoms in total. The van der Waals surface area contributed by atoms with E-state index in [-0.39, 0.29) is 31.3 Å². The van der Waals surface area contributed by atoms with Crippen molar-refractivity contribution in [2.45, 2.75) is 45.7 Å². The molecule has 0 fully saturated rings. The second-order valence-electron chi connectivity index (χ2n) is 9.70. The zero-order valence-electron chi connectivity index (χ0n) is 23.7. The van der Waals surface area contributed by atoms with Crippen LogP contribution < -0.4 is 14.4 Å². The summed E-state index contributed by atoms with van der Waals surface area (Å²) in [5.74, 6) is 0.193. The van der Waals surface area contributed by atoms with Gasteiger partial charge in [-0.15, -0.1) is 0 Å². The maximum absolute atomic E-state index is 13.8. The van der Waals surface area contributed by atoms with Crippen LogP contribution in [-0.2, 0) is 32.6 Å². The highest BCUT2D eigenvalue weighted by Gasteiger charge is 2.30. The number of nitrogens with zero attached hydrogens (tertiary/aromatic N) is 2. The Labute approximate surface area is 238 Å². The summed E-state index contributed by atoms with van der Waals surface area (Å²) in [6, 6.07) is 23.5. The lowest BCUT2D eigenvalue weighted by atomic mass is 10.0. The minimum atomic E-state index is -3.56. The highest BCUT2D eigenvalue weighted by Crippen LogP contribution is 2.24. The summed E-state index contributed by atoms with van der Waals surface area (Å²) in [6.45, 7) is 4.49. The van der Waals surface area contributed by atoms with Crippen LogP contribution in [0.4, 0.5) is 5.69 Å². The Bertz CT molecular complexity index is 1380. The van der Waals surface area contributed by atoms with Crippen molar-refractivity contribution in [2.24, 2.45) is 0 Å². The van der Waals surface area contributed by atoms with E-state index >= 15 is 0 Å². The van der Waals surface area contributed by atoms with E-state index in [4.69, 9.17) is 4.74 Å². The van der Waals surface area contributed by atoms with Crippen LogP contribution in [0.15, 0.2) is 78.9 Å². The molecule has 0 aromatic heterocycles. The number of hydrogen-bond donors (Lipinski definition) is 1. The number of hydrogen-bond acceptors (Lipinski definition) is 5. The number of nitrogens with one attached hydrogen (secondary N) is 1. The van der Waals surface area contributed by atoms with Gasteiger partial charge in [-0.25, -0.2) is 8.42 Å². The van der Waals surface area contributed by atoms with Crippen LogP contribution in [0.1, 0.15) is 36.5 Å². The number of ether oxygens (including phenoxy) is 1. The zero-order valence-corrected chi connectivity index (χ0v) is 24.5. The van der Waals surface area contributed by atoms with Crippen molar-refractivity contribution in [2.75, 3.05) is 30.8 Å². The summed E-state index contributed by atoms with van der Waals surface area (Å²) in [6.07, 6.45) is 1.89. The Kier molecular flexibility index (Phi) is 11.1. The van der Waals surface area contributed by atoms with Crippen LogP contribution in [0, 0.1) is 6.92 Å². The van der Waals surface area contributed by atoms with Crippen LogP contribution in [0.2, 0.25) is 0 Å². The van der Waals surface area contributed by atoms with Gasteiger partial charge in [0.15, 0.2) is 0 Å². The molecule has 0 heterocycles. The average molecular weight is 566 g/mol. The standard InChI is InChI=1S/C31H39N3O5S/c1-5-32-31(36)29(22-25-14-7-6-8-15-25)33(23-26-16-11-17-27(21-26)39-3)30(35)19-12-20-34(40(4,37)38)28-18-10-9-13-24(28)2/h6-11,13-18,21,29H,5,12,19-20,22-23H2,1-4H3,(H,32,36)/t29-/m0/s1.